The molecule has 4 heteroatoms. The van der Waals surface area contributed by atoms with Gasteiger partial charge in [0.05, 0.1) is 5.69 Å². The first-order valence-corrected chi connectivity index (χ1v) is 11.2. The van der Waals surface area contributed by atoms with E-state index in [1.807, 2.05) is 0 Å². The average Bonchev–Trinajstić information content (AvgIpc) is 3.29. The van der Waals surface area contributed by atoms with Gasteiger partial charge in [-0.2, -0.15) is 0 Å². The second-order valence-corrected chi connectivity index (χ2v) is 8.51. The van der Waals surface area contributed by atoms with Crippen LogP contribution in [0.25, 0.3) is 16.9 Å². The SMILES string of the molecule is CN(Cc1ccccc1)c1ccc(-c2cn3ccc(N(C)Cc4ccccc4)cc3n2)cc1. The zero-order chi connectivity index (χ0) is 22.6. The van der Waals surface area contributed by atoms with Crippen LogP contribution in [0.1, 0.15) is 11.1 Å². The van der Waals surface area contributed by atoms with Crippen LogP contribution in [0.3, 0.4) is 0 Å². The summed E-state index contributed by atoms with van der Waals surface area (Å²) < 4.78 is 2.09. The third-order valence-electron chi connectivity index (χ3n) is 6.01. The molecule has 0 unspecified atom stereocenters. The maximum Gasteiger partial charge on any atom is 0.139 e. The maximum absolute atomic E-state index is 4.90. The number of aromatic nitrogens is 2. The summed E-state index contributed by atoms with van der Waals surface area (Å²) in [7, 11) is 4.24. The topological polar surface area (TPSA) is 23.8 Å². The van der Waals surface area contributed by atoms with E-state index in [2.05, 4.69) is 138 Å². The quantitative estimate of drug-likeness (QED) is 0.303. The Hall–Kier alpha value is -4.05. The predicted molar refractivity (Wildman–Crippen MR) is 138 cm³/mol. The lowest BCUT2D eigenvalue weighted by atomic mass is 10.1. The van der Waals surface area contributed by atoms with Crippen molar-refractivity contribution in [3.63, 3.8) is 0 Å². The Balaban J connectivity index is 1.32. The summed E-state index contributed by atoms with van der Waals surface area (Å²) in [5.41, 5.74) is 7.99. The fraction of sp³-hybridized carbons (Fsp3) is 0.138. The number of rotatable bonds is 7. The Morgan fingerprint density at radius 1 is 0.667 bits per heavy atom. The van der Waals surface area contributed by atoms with Crippen molar-refractivity contribution in [1.82, 2.24) is 9.38 Å². The first-order chi connectivity index (χ1) is 16.2. The van der Waals surface area contributed by atoms with Gasteiger partial charge in [-0.05, 0) is 29.3 Å². The first-order valence-electron chi connectivity index (χ1n) is 11.2. The van der Waals surface area contributed by atoms with Crippen molar-refractivity contribution in [2.24, 2.45) is 0 Å². The molecule has 2 aromatic heterocycles. The molecule has 0 N–H and O–H groups in total. The van der Waals surface area contributed by atoms with Gasteiger partial charge in [0.1, 0.15) is 5.65 Å². The molecule has 0 aliphatic rings. The molecule has 3 aromatic carbocycles. The summed E-state index contributed by atoms with van der Waals surface area (Å²) in [5.74, 6) is 0. The van der Waals surface area contributed by atoms with Crippen molar-refractivity contribution in [2.45, 2.75) is 13.1 Å². The highest BCUT2D eigenvalue weighted by atomic mass is 15.1. The van der Waals surface area contributed by atoms with Gasteiger partial charge in [0.2, 0.25) is 0 Å². The highest BCUT2D eigenvalue weighted by molar-refractivity contribution is 5.67. The van der Waals surface area contributed by atoms with E-state index in [1.165, 1.54) is 16.8 Å². The normalized spacial score (nSPS) is 11.0. The average molecular weight is 433 g/mol. The molecular formula is C29H28N4. The number of hydrogen-bond donors (Lipinski definition) is 0. The van der Waals surface area contributed by atoms with Crippen LogP contribution in [0.4, 0.5) is 11.4 Å². The van der Waals surface area contributed by atoms with Crippen molar-refractivity contribution in [1.29, 1.82) is 0 Å². The first kappa shape index (κ1) is 20.8. The lowest BCUT2D eigenvalue weighted by molar-refractivity contribution is 0.920. The maximum atomic E-state index is 4.90. The molecule has 0 saturated carbocycles. The van der Waals surface area contributed by atoms with Crippen LogP contribution in [0.15, 0.2) is 109 Å². The van der Waals surface area contributed by atoms with Crippen LogP contribution in [0, 0.1) is 0 Å². The smallest absolute Gasteiger partial charge is 0.139 e. The van der Waals surface area contributed by atoms with Gasteiger partial charge >= 0.3 is 0 Å². The molecule has 0 atom stereocenters. The van der Waals surface area contributed by atoms with Crippen molar-refractivity contribution in [2.75, 3.05) is 23.9 Å². The van der Waals surface area contributed by atoms with Gasteiger partial charge in [-0.25, -0.2) is 4.98 Å². The molecule has 5 aromatic rings. The van der Waals surface area contributed by atoms with E-state index < -0.39 is 0 Å². The molecule has 0 amide bonds. The fourth-order valence-corrected chi connectivity index (χ4v) is 4.13. The predicted octanol–water partition coefficient (Wildman–Crippen LogP) is 6.27. The van der Waals surface area contributed by atoms with E-state index in [4.69, 9.17) is 4.98 Å². The van der Waals surface area contributed by atoms with E-state index >= 15 is 0 Å². The highest BCUT2D eigenvalue weighted by Gasteiger charge is 2.09. The summed E-state index contributed by atoms with van der Waals surface area (Å²) in [6, 6.07) is 34.0. The summed E-state index contributed by atoms with van der Waals surface area (Å²) in [5, 5.41) is 0. The molecule has 5 rings (SSSR count). The minimum absolute atomic E-state index is 0.864. The zero-order valence-electron chi connectivity index (χ0n) is 19.1. The summed E-state index contributed by atoms with van der Waals surface area (Å²) in [4.78, 5) is 9.41. The summed E-state index contributed by atoms with van der Waals surface area (Å²) in [6.45, 7) is 1.75. The number of anilines is 2. The third-order valence-corrected chi connectivity index (χ3v) is 6.01. The molecule has 0 aliphatic carbocycles. The van der Waals surface area contributed by atoms with E-state index in [0.717, 1.165) is 35.7 Å². The number of fused-ring (bicyclic) bond motifs is 1. The van der Waals surface area contributed by atoms with Crippen LogP contribution >= 0.6 is 0 Å². The fourth-order valence-electron chi connectivity index (χ4n) is 4.13. The molecule has 4 nitrogen and oxygen atoms in total. The standard InChI is InChI=1S/C29H28N4/c1-31(20-23-9-5-3-6-10-23)26-15-13-25(14-16-26)28-22-33-18-17-27(19-29(33)30-28)32(2)21-24-11-7-4-8-12-24/h3-19,22H,20-21H2,1-2H3. The van der Waals surface area contributed by atoms with E-state index in [9.17, 15) is 0 Å². The van der Waals surface area contributed by atoms with Gasteiger partial charge in [-0.1, -0.05) is 72.8 Å². The number of hydrogen-bond acceptors (Lipinski definition) is 3. The minimum Gasteiger partial charge on any atom is -0.370 e. The number of pyridine rings is 1. The van der Waals surface area contributed by atoms with Crippen molar-refractivity contribution in [3.8, 4) is 11.3 Å². The molecular weight excluding hydrogens is 404 g/mol. The van der Waals surface area contributed by atoms with Gasteiger partial charge < -0.3 is 14.2 Å². The van der Waals surface area contributed by atoms with Crippen LogP contribution in [0.5, 0.6) is 0 Å². The number of benzene rings is 3. The molecule has 164 valence electrons. The lowest BCUT2D eigenvalue weighted by Crippen LogP contribution is -2.16. The molecule has 0 spiro atoms. The van der Waals surface area contributed by atoms with Gasteiger partial charge in [-0.15, -0.1) is 0 Å². The Labute approximate surface area is 195 Å². The molecule has 0 radical (unpaired) electrons. The van der Waals surface area contributed by atoms with Gasteiger partial charge in [-0.3, -0.25) is 0 Å². The Morgan fingerprint density at radius 2 is 1.24 bits per heavy atom. The monoisotopic (exact) mass is 432 g/mol. The molecule has 0 aliphatic heterocycles. The Bertz CT molecular complexity index is 1320. The largest absolute Gasteiger partial charge is 0.370 e. The van der Waals surface area contributed by atoms with E-state index in [-0.39, 0.29) is 0 Å². The van der Waals surface area contributed by atoms with Crippen molar-refractivity contribution < 1.29 is 0 Å². The Kier molecular flexibility index (Phi) is 5.81. The Morgan fingerprint density at radius 3 is 1.85 bits per heavy atom. The van der Waals surface area contributed by atoms with Crippen LogP contribution < -0.4 is 9.80 Å². The van der Waals surface area contributed by atoms with Crippen molar-refractivity contribution in [3.05, 3.63) is 121 Å². The number of imidazole rings is 1. The second-order valence-electron chi connectivity index (χ2n) is 8.51. The van der Waals surface area contributed by atoms with E-state index in [1.54, 1.807) is 0 Å². The van der Waals surface area contributed by atoms with Gasteiger partial charge in [0.15, 0.2) is 0 Å². The molecule has 33 heavy (non-hydrogen) atoms. The minimum atomic E-state index is 0.864. The third kappa shape index (κ3) is 4.75. The van der Waals surface area contributed by atoms with Crippen LogP contribution in [0.2, 0.25) is 0 Å². The van der Waals surface area contributed by atoms with Crippen LogP contribution in [-0.4, -0.2) is 23.5 Å². The summed E-state index contributed by atoms with van der Waals surface area (Å²) >= 11 is 0. The highest BCUT2D eigenvalue weighted by Crippen LogP contribution is 2.25. The van der Waals surface area contributed by atoms with Crippen LogP contribution in [-0.2, 0) is 13.1 Å². The van der Waals surface area contributed by atoms with Gasteiger partial charge in [0, 0.05) is 62.6 Å². The molecule has 0 saturated heterocycles. The van der Waals surface area contributed by atoms with Gasteiger partial charge in [0.25, 0.3) is 0 Å². The van der Waals surface area contributed by atoms with E-state index in [0.29, 0.717) is 0 Å². The number of nitrogens with zero attached hydrogens (tertiary/aromatic N) is 4. The molecule has 2 heterocycles. The second kappa shape index (κ2) is 9.21. The molecule has 0 fully saturated rings. The summed E-state index contributed by atoms with van der Waals surface area (Å²) in [6.07, 6.45) is 4.18. The van der Waals surface area contributed by atoms with Crippen molar-refractivity contribution >= 4 is 17.0 Å². The zero-order valence-corrected chi connectivity index (χ0v) is 19.1. The molecule has 0 bridgehead atoms. The lowest BCUT2D eigenvalue weighted by Gasteiger charge is -2.19.